The van der Waals surface area contributed by atoms with E-state index in [9.17, 15) is 8.78 Å². The maximum atomic E-state index is 14.1. The molecular weight excluding hydrogens is 278 g/mol. The quantitative estimate of drug-likeness (QED) is 0.724. The van der Waals surface area contributed by atoms with Crippen molar-refractivity contribution in [3.63, 3.8) is 0 Å². The molecule has 0 bridgehead atoms. The summed E-state index contributed by atoms with van der Waals surface area (Å²) >= 11 is 5.31. The molecule has 1 aromatic heterocycles. The number of rotatable bonds is 1. The first-order valence-electron chi connectivity index (χ1n) is 6.97. The van der Waals surface area contributed by atoms with Crippen LogP contribution in [0.4, 0.5) is 8.78 Å². The van der Waals surface area contributed by atoms with Gasteiger partial charge in [0.1, 0.15) is 5.52 Å². The van der Waals surface area contributed by atoms with Gasteiger partial charge >= 0.3 is 0 Å². The van der Waals surface area contributed by atoms with Gasteiger partial charge in [-0.1, -0.05) is 13.8 Å². The third kappa shape index (κ3) is 2.18. The molecule has 3 rings (SSSR count). The molecule has 2 aromatic rings. The third-order valence-corrected chi connectivity index (χ3v) is 4.74. The van der Waals surface area contributed by atoms with Gasteiger partial charge in [0.25, 0.3) is 0 Å². The summed E-state index contributed by atoms with van der Waals surface area (Å²) in [5.41, 5.74) is 1.17. The van der Waals surface area contributed by atoms with Crippen LogP contribution in [-0.2, 0) is 0 Å². The molecule has 108 valence electrons. The van der Waals surface area contributed by atoms with E-state index in [4.69, 9.17) is 12.2 Å². The maximum Gasteiger partial charge on any atom is 0.184 e. The fourth-order valence-corrected chi connectivity index (χ4v) is 3.49. The van der Waals surface area contributed by atoms with Crippen molar-refractivity contribution in [3.05, 3.63) is 28.5 Å². The van der Waals surface area contributed by atoms with Gasteiger partial charge in [0.05, 0.1) is 5.52 Å². The molecule has 0 atom stereocenters. The Hall–Kier alpha value is -1.23. The van der Waals surface area contributed by atoms with Gasteiger partial charge in [-0.2, -0.15) is 0 Å². The molecule has 1 N–H and O–H groups in total. The van der Waals surface area contributed by atoms with Crippen LogP contribution in [0.5, 0.6) is 0 Å². The predicted molar refractivity (Wildman–Crippen MR) is 78.3 cm³/mol. The number of H-pyrrole nitrogens is 1. The lowest BCUT2D eigenvalue weighted by atomic mass is 9.75. The zero-order valence-electron chi connectivity index (χ0n) is 11.7. The molecule has 0 amide bonds. The van der Waals surface area contributed by atoms with Gasteiger partial charge in [-0.15, -0.1) is 0 Å². The number of nitrogens with zero attached hydrogens (tertiary/aromatic N) is 1. The lowest BCUT2D eigenvalue weighted by molar-refractivity contribution is 0.194. The smallest absolute Gasteiger partial charge is 0.184 e. The number of aromatic nitrogens is 2. The van der Waals surface area contributed by atoms with Crippen molar-refractivity contribution < 1.29 is 8.78 Å². The van der Waals surface area contributed by atoms with E-state index in [1.54, 1.807) is 10.6 Å². The summed E-state index contributed by atoms with van der Waals surface area (Å²) in [6, 6.07) is 2.84. The Balaban J connectivity index is 2.10. The molecule has 1 aliphatic rings. The first-order chi connectivity index (χ1) is 9.39. The molecule has 1 saturated carbocycles. The van der Waals surface area contributed by atoms with Gasteiger partial charge in [-0.05, 0) is 55.4 Å². The zero-order valence-corrected chi connectivity index (χ0v) is 12.5. The zero-order chi connectivity index (χ0) is 14.5. The van der Waals surface area contributed by atoms with Crippen LogP contribution in [-0.4, -0.2) is 9.55 Å². The second-order valence-electron chi connectivity index (χ2n) is 6.45. The molecule has 1 heterocycles. The Morgan fingerprint density at radius 1 is 1.25 bits per heavy atom. The van der Waals surface area contributed by atoms with Crippen LogP contribution in [0.2, 0.25) is 0 Å². The summed E-state index contributed by atoms with van der Waals surface area (Å²) in [5, 5.41) is 0. The Morgan fingerprint density at radius 2 is 1.90 bits per heavy atom. The molecular formula is C15H18F2N2S. The minimum absolute atomic E-state index is 0.153. The second-order valence-corrected chi connectivity index (χ2v) is 6.84. The number of imidazole rings is 1. The van der Waals surface area contributed by atoms with E-state index in [0.29, 0.717) is 15.7 Å². The Morgan fingerprint density at radius 3 is 2.55 bits per heavy atom. The van der Waals surface area contributed by atoms with Crippen molar-refractivity contribution in [1.29, 1.82) is 0 Å². The monoisotopic (exact) mass is 296 g/mol. The molecule has 2 nitrogen and oxygen atoms in total. The number of halogens is 2. The Kier molecular flexibility index (Phi) is 3.20. The van der Waals surface area contributed by atoms with Crippen LogP contribution >= 0.6 is 12.2 Å². The molecule has 1 aromatic carbocycles. The highest BCUT2D eigenvalue weighted by atomic mass is 32.1. The first kappa shape index (κ1) is 13.7. The van der Waals surface area contributed by atoms with Crippen LogP contribution in [0.15, 0.2) is 12.1 Å². The van der Waals surface area contributed by atoms with Crippen molar-refractivity contribution in [2.75, 3.05) is 0 Å². The fraction of sp³-hybridized carbons (Fsp3) is 0.533. The van der Waals surface area contributed by atoms with Gasteiger partial charge in [0.15, 0.2) is 16.4 Å². The summed E-state index contributed by atoms with van der Waals surface area (Å²) < 4.78 is 29.9. The summed E-state index contributed by atoms with van der Waals surface area (Å²) in [7, 11) is 0. The van der Waals surface area contributed by atoms with E-state index in [0.717, 1.165) is 31.7 Å². The van der Waals surface area contributed by atoms with Crippen LogP contribution in [0.25, 0.3) is 11.0 Å². The maximum absolute atomic E-state index is 14.1. The number of aromatic amines is 1. The molecule has 1 fully saturated rings. The lowest BCUT2D eigenvalue weighted by Gasteiger charge is -2.35. The molecule has 0 radical (unpaired) electrons. The average Bonchev–Trinajstić information content (AvgIpc) is 2.72. The Bertz CT molecular complexity index is 704. The normalized spacial score (nSPS) is 19.6. The van der Waals surface area contributed by atoms with Crippen molar-refractivity contribution in [1.82, 2.24) is 9.55 Å². The van der Waals surface area contributed by atoms with Gasteiger partial charge in [-0.25, -0.2) is 8.78 Å². The van der Waals surface area contributed by atoms with Gasteiger partial charge in [0.2, 0.25) is 0 Å². The molecule has 0 spiro atoms. The highest BCUT2D eigenvalue weighted by Gasteiger charge is 2.29. The van der Waals surface area contributed by atoms with Crippen molar-refractivity contribution in [2.45, 2.75) is 45.6 Å². The third-order valence-electron chi connectivity index (χ3n) is 4.44. The minimum Gasteiger partial charge on any atom is -0.330 e. The van der Waals surface area contributed by atoms with Crippen molar-refractivity contribution in [2.24, 2.45) is 5.41 Å². The minimum atomic E-state index is -0.823. The second kappa shape index (κ2) is 4.65. The molecule has 0 unspecified atom stereocenters. The van der Waals surface area contributed by atoms with Crippen molar-refractivity contribution in [3.8, 4) is 0 Å². The topological polar surface area (TPSA) is 20.7 Å². The van der Waals surface area contributed by atoms with Gasteiger partial charge in [0, 0.05) is 6.04 Å². The van der Waals surface area contributed by atoms with Crippen LogP contribution in [0, 0.1) is 21.8 Å². The summed E-state index contributed by atoms with van der Waals surface area (Å²) in [6.45, 7) is 4.50. The van der Waals surface area contributed by atoms with E-state index in [-0.39, 0.29) is 11.6 Å². The van der Waals surface area contributed by atoms with E-state index >= 15 is 0 Å². The lowest BCUT2D eigenvalue weighted by Crippen LogP contribution is -2.23. The summed E-state index contributed by atoms with van der Waals surface area (Å²) in [4.78, 5) is 2.98. The first-order valence-corrected chi connectivity index (χ1v) is 7.38. The van der Waals surface area contributed by atoms with Gasteiger partial charge in [-0.3, -0.25) is 0 Å². The van der Waals surface area contributed by atoms with E-state index in [1.807, 2.05) is 0 Å². The number of hydrogen-bond donors (Lipinski definition) is 1. The molecule has 20 heavy (non-hydrogen) atoms. The van der Waals surface area contributed by atoms with E-state index in [1.165, 1.54) is 0 Å². The number of hydrogen-bond acceptors (Lipinski definition) is 1. The van der Waals surface area contributed by atoms with Crippen molar-refractivity contribution >= 4 is 23.3 Å². The predicted octanol–water partition coefficient (Wildman–Crippen LogP) is 5.12. The standard InChI is InChI=1S/C15H18F2N2S/c1-15(2)7-5-9(6-8-15)19-13-11(18-14(19)20)4-3-10(16)12(13)17/h3-4,9H,5-8H2,1-2H3,(H,18,20). The molecule has 1 aliphatic carbocycles. The molecule has 0 aliphatic heterocycles. The average molecular weight is 296 g/mol. The van der Waals surface area contributed by atoms with Crippen LogP contribution in [0.1, 0.15) is 45.6 Å². The largest absolute Gasteiger partial charge is 0.330 e. The highest BCUT2D eigenvalue weighted by molar-refractivity contribution is 7.71. The fourth-order valence-electron chi connectivity index (χ4n) is 3.14. The highest BCUT2D eigenvalue weighted by Crippen LogP contribution is 2.41. The number of fused-ring (bicyclic) bond motifs is 1. The molecule has 0 saturated heterocycles. The summed E-state index contributed by atoms with van der Waals surface area (Å²) in [5.74, 6) is -1.63. The van der Waals surface area contributed by atoms with E-state index in [2.05, 4.69) is 18.8 Å². The summed E-state index contributed by atoms with van der Waals surface area (Å²) in [6.07, 6.45) is 4.04. The van der Waals surface area contributed by atoms with Crippen LogP contribution in [0.3, 0.4) is 0 Å². The SMILES string of the molecule is CC1(C)CCC(n2c(=S)[nH]c3ccc(F)c(F)c32)CC1. The van der Waals surface area contributed by atoms with E-state index < -0.39 is 11.6 Å². The van der Waals surface area contributed by atoms with Crippen LogP contribution < -0.4 is 0 Å². The number of benzene rings is 1. The molecule has 5 heteroatoms. The Labute approximate surface area is 121 Å². The number of nitrogens with one attached hydrogen (secondary N) is 1. The van der Waals surface area contributed by atoms with Gasteiger partial charge < -0.3 is 9.55 Å².